The third kappa shape index (κ3) is 7.66. The Labute approximate surface area is 169 Å². The van der Waals surface area contributed by atoms with Crippen molar-refractivity contribution in [3.8, 4) is 0 Å². The van der Waals surface area contributed by atoms with E-state index in [9.17, 15) is 9.59 Å². The standard InChI is InChI=1S/C22H36N2O4/c1-17(2)13-23(20(25)12-22(3,4)5)16-21(26)24(14-18-8-6-10-27-18)15-19-9-7-11-28-19/h6,8,10,17,19H,7,9,11-16H2,1-5H3/t19-/m1/s1. The maximum atomic E-state index is 13.2. The van der Waals surface area contributed by atoms with E-state index >= 15 is 0 Å². The molecule has 0 aromatic carbocycles. The molecule has 2 rings (SSSR count). The highest BCUT2D eigenvalue weighted by molar-refractivity contribution is 5.85. The first-order valence-corrected chi connectivity index (χ1v) is 10.3. The maximum absolute atomic E-state index is 13.2. The van der Waals surface area contributed by atoms with Crippen molar-refractivity contribution in [2.24, 2.45) is 11.3 Å². The molecule has 0 radical (unpaired) electrons. The summed E-state index contributed by atoms with van der Waals surface area (Å²) in [5, 5.41) is 0. The topological polar surface area (TPSA) is 63.0 Å². The lowest BCUT2D eigenvalue weighted by molar-refractivity contribution is -0.143. The quantitative estimate of drug-likeness (QED) is 0.643. The van der Waals surface area contributed by atoms with Gasteiger partial charge >= 0.3 is 0 Å². The van der Waals surface area contributed by atoms with Crippen LogP contribution in [-0.2, 0) is 20.9 Å². The van der Waals surface area contributed by atoms with Crippen LogP contribution in [0.3, 0.4) is 0 Å². The summed E-state index contributed by atoms with van der Waals surface area (Å²) >= 11 is 0. The molecule has 0 N–H and O–H groups in total. The van der Waals surface area contributed by atoms with Crippen LogP contribution in [0.5, 0.6) is 0 Å². The minimum Gasteiger partial charge on any atom is -0.467 e. The van der Waals surface area contributed by atoms with E-state index in [1.165, 1.54) is 0 Å². The van der Waals surface area contributed by atoms with Gasteiger partial charge < -0.3 is 19.0 Å². The normalized spacial score (nSPS) is 17.1. The molecular weight excluding hydrogens is 356 g/mol. The molecule has 0 spiro atoms. The fourth-order valence-electron chi connectivity index (χ4n) is 3.40. The molecule has 0 saturated carbocycles. The number of nitrogens with zero attached hydrogens (tertiary/aromatic N) is 2. The maximum Gasteiger partial charge on any atom is 0.242 e. The molecule has 2 amide bonds. The number of amides is 2. The number of carbonyl (C=O) groups is 2. The van der Waals surface area contributed by atoms with Crippen molar-refractivity contribution in [2.45, 2.75) is 66.5 Å². The van der Waals surface area contributed by atoms with Gasteiger partial charge in [0.2, 0.25) is 11.8 Å². The van der Waals surface area contributed by atoms with E-state index in [0.717, 1.165) is 25.2 Å². The van der Waals surface area contributed by atoms with Crippen molar-refractivity contribution in [2.75, 3.05) is 26.2 Å². The number of hydrogen-bond acceptors (Lipinski definition) is 4. The predicted molar refractivity (Wildman–Crippen MR) is 109 cm³/mol. The molecule has 1 fully saturated rings. The molecule has 1 aromatic rings. The van der Waals surface area contributed by atoms with E-state index in [2.05, 4.69) is 13.8 Å². The molecule has 1 aromatic heterocycles. The Morgan fingerprint density at radius 1 is 1.21 bits per heavy atom. The van der Waals surface area contributed by atoms with Crippen LogP contribution >= 0.6 is 0 Å². The largest absolute Gasteiger partial charge is 0.467 e. The Morgan fingerprint density at radius 2 is 1.96 bits per heavy atom. The first kappa shape index (κ1) is 22.5. The molecule has 2 heterocycles. The fourth-order valence-corrected chi connectivity index (χ4v) is 3.40. The van der Waals surface area contributed by atoms with Gasteiger partial charge in [0.05, 0.1) is 25.5 Å². The molecule has 0 bridgehead atoms. The molecule has 0 aliphatic carbocycles. The lowest BCUT2D eigenvalue weighted by atomic mass is 9.91. The van der Waals surface area contributed by atoms with E-state index in [4.69, 9.17) is 9.15 Å². The fraction of sp³-hybridized carbons (Fsp3) is 0.727. The van der Waals surface area contributed by atoms with Crippen LogP contribution < -0.4 is 0 Å². The number of hydrogen-bond donors (Lipinski definition) is 0. The number of furan rings is 1. The summed E-state index contributed by atoms with van der Waals surface area (Å²) in [5.74, 6) is 1.01. The first-order chi connectivity index (χ1) is 13.1. The van der Waals surface area contributed by atoms with Crippen molar-refractivity contribution >= 4 is 11.8 Å². The third-order valence-electron chi connectivity index (χ3n) is 4.67. The summed E-state index contributed by atoms with van der Waals surface area (Å²) in [4.78, 5) is 29.5. The Morgan fingerprint density at radius 3 is 2.50 bits per heavy atom. The highest BCUT2D eigenvalue weighted by Crippen LogP contribution is 2.21. The van der Waals surface area contributed by atoms with Crippen LogP contribution in [0, 0.1) is 11.3 Å². The lowest BCUT2D eigenvalue weighted by Crippen LogP contribution is -2.46. The summed E-state index contributed by atoms with van der Waals surface area (Å²) in [6.45, 7) is 12.6. The number of carbonyl (C=O) groups excluding carboxylic acids is 2. The molecule has 1 aliphatic heterocycles. The zero-order valence-corrected chi connectivity index (χ0v) is 18.1. The van der Waals surface area contributed by atoms with Gasteiger partial charge in [-0.1, -0.05) is 34.6 Å². The second-order valence-corrected chi connectivity index (χ2v) is 9.39. The molecule has 6 heteroatoms. The van der Waals surface area contributed by atoms with Crippen LogP contribution in [0.1, 0.15) is 59.6 Å². The highest BCUT2D eigenvalue weighted by atomic mass is 16.5. The third-order valence-corrected chi connectivity index (χ3v) is 4.67. The summed E-state index contributed by atoms with van der Waals surface area (Å²) in [5.41, 5.74) is -0.110. The van der Waals surface area contributed by atoms with Crippen molar-refractivity contribution in [1.29, 1.82) is 0 Å². The highest BCUT2D eigenvalue weighted by Gasteiger charge is 2.28. The smallest absolute Gasteiger partial charge is 0.242 e. The van der Waals surface area contributed by atoms with Gasteiger partial charge in [-0.3, -0.25) is 9.59 Å². The Balaban J connectivity index is 2.08. The summed E-state index contributed by atoms with van der Waals surface area (Å²) in [6.07, 6.45) is 4.08. The first-order valence-electron chi connectivity index (χ1n) is 10.3. The van der Waals surface area contributed by atoms with E-state index in [0.29, 0.717) is 32.0 Å². The number of rotatable bonds is 9. The van der Waals surface area contributed by atoms with Crippen LogP contribution in [0.2, 0.25) is 0 Å². The molecule has 158 valence electrons. The zero-order chi connectivity index (χ0) is 20.7. The van der Waals surface area contributed by atoms with E-state index in [1.807, 2.05) is 32.9 Å². The second kappa shape index (κ2) is 10.1. The van der Waals surface area contributed by atoms with Gasteiger partial charge in [0.1, 0.15) is 5.76 Å². The molecule has 1 saturated heterocycles. The van der Waals surface area contributed by atoms with Gasteiger partial charge in [-0.05, 0) is 36.3 Å². The van der Waals surface area contributed by atoms with Crippen molar-refractivity contribution < 1.29 is 18.7 Å². The predicted octanol–water partition coefficient (Wildman–Crippen LogP) is 3.71. The molecular formula is C22H36N2O4. The minimum absolute atomic E-state index is 0.0321. The Hall–Kier alpha value is -1.82. The van der Waals surface area contributed by atoms with Crippen LogP contribution in [-0.4, -0.2) is 54.0 Å². The second-order valence-electron chi connectivity index (χ2n) is 9.39. The van der Waals surface area contributed by atoms with Gasteiger partial charge in [0.25, 0.3) is 0 Å². The van der Waals surface area contributed by atoms with E-state index in [1.54, 1.807) is 16.1 Å². The zero-order valence-electron chi connectivity index (χ0n) is 18.1. The van der Waals surface area contributed by atoms with Gasteiger partial charge in [0.15, 0.2) is 0 Å². The van der Waals surface area contributed by atoms with Gasteiger partial charge in [0, 0.05) is 26.1 Å². The molecule has 1 atom stereocenters. The van der Waals surface area contributed by atoms with Crippen molar-refractivity contribution in [1.82, 2.24) is 9.80 Å². The van der Waals surface area contributed by atoms with Gasteiger partial charge in [-0.25, -0.2) is 0 Å². The monoisotopic (exact) mass is 392 g/mol. The SMILES string of the molecule is CC(C)CN(CC(=O)N(Cc1ccco1)C[C@H]1CCCO1)C(=O)CC(C)(C)C. The lowest BCUT2D eigenvalue weighted by Gasteiger charge is -2.31. The average molecular weight is 393 g/mol. The average Bonchev–Trinajstić information content (AvgIpc) is 3.25. The molecule has 0 unspecified atom stereocenters. The number of ether oxygens (including phenoxy) is 1. The van der Waals surface area contributed by atoms with Gasteiger partial charge in [-0.2, -0.15) is 0 Å². The van der Waals surface area contributed by atoms with Crippen molar-refractivity contribution in [3.05, 3.63) is 24.2 Å². The van der Waals surface area contributed by atoms with Gasteiger partial charge in [-0.15, -0.1) is 0 Å². The summed E-state index contributed by atoms with van der Waals surface area (Å²) in [6, 6.07) is 3.69. The van der Waals surface area contributed by atoms with Crippen LogP contribution in [0.15, 0.2) is 22.8 Å². The molecule has 28 heavy (non-hydrogen) atoms. The van der Waals surface area contributed by atoms with Crippen molar-refractivity contribution in [3.63, 3.8) is 0 Å². The van der Waals surface area contributed by atoms with E-state index in [-0.39, 0.29) is 29.9 Å². The minimum atomic E-state index is -0.110. The Kier molecular flexibility index (Phi) is 8.10. The Bertz CT molecular complexity index is 613. The van der Waals surface area contributed by atoms with Crippen LogP contribution in [0.25, 0.3) is 0 Å². The van der Waals surface area contributed by atoms with Crippen LogP contribution in [0.4, 0.5) is 0 Å². The molecule has 6 nitrogen and oxygen atoms in total. The van der Waals surface area contributed by atoms with E-state index < -0.39 is 0 Å². The summed E-state index contributed by atoms with van der Waals surface area (Å²) < 4.78 is 11.2. The summed E-state index contributed by atoms with van der Waals surface area (Å²) in [7, 11) is 0. The molecule has 1 aliphatic rings.